The van der Waals surface area contributed by atoms with Gasteiger partial charge in [0.05, 0.1) is 12.6 Å². The third kappa shape index (κ3) is 2.53. The summed E-state index contributed by atoms with van der Waals surface area (Å²) in [5.41, 5.74) is 6.08. The van der Waals surface area contributed by atoms with Crippen LogP contribution in [0.15, 0.2) is 24.3 Å². The third-order valence-corrected chi connectivity index (χ3v) is 3.39. The SMILES string of the molecule is NCC(=O)N1C(c2cccc(O)c2)CC[C@H]1C(=O)O. The van der Waals surface area contributed by atoms with Gasteiger partial charge in [0.25, 0.3) is 0 Å². The number of nitrogens with zero attached hydrogens (tertiary/aromatic N) is 1. The number of aliphatic carboxylic acids is 1. The van der Waals surface area contributed by atoms with E-state index in [1.807, 2.05) is 0 Å². The minimum atomic E-state index is -1.02. The average molecular weight is 264 g/mol. The van der Waals surface area contributed by atoms with E-state index in [9.17, 15) is 14.7 Å². The molecule has 19 heavy (non-hydrogen) atoms. The largest absolute Gasteiger partial charge is 0.508 e. The smallest absolute Gasteiger partial charge is 0.326 e. The average Bonchev–Trinajstić information content (AvgIpc) is 2.82. The molecule has 1 heterocycles. The molecule has 0 saturated carbocycles. The fraction of sp³-hybridized carbons (Fsp3) is 0.385. The number of hydrogen-bond donors (Lipinski definition) is 3. The third-order valence-electron chi connectivity index (χ3n) is 3.39. The highest BCUT2D eigenvalue weighted by molar-refractivity contribution is 5.85. The number of benzene rings is 1. The molecule has 0 spiro atoms. The maximum atomic E-state index is 11.9. The van der Waals surface area contributed by atoms with E-state index in [-0.39, 0.29) is 18.3 Å². The molecule has 1 fully saturated rings. The van der Waals surface area contributed by atoms with Gasteiger partial charge in [0.15, 0.2) is 0 Å². The minimum absolute atomic E-state index is 0.0939. The molecule has 0 aliphatic carbocycles. The molecule has 1 unspecified atom stereocenters. The Morgan fingerprint density at radius 3 is 2.68 bits per heavy atom. The summed E-state index contributed by atoms with van der Waals surface area (Å²) in [6.45, 7) is -0.223. The Hall–Kier alpha value is -2.08. The highest BCUT2D eigenvalue weighted by Gasteiger charge is 2.41. The molecule has 1 amide bonds. The lowest BCUT2D eigenvalue weighted by molar-refractivity contribution is -0.149. The molecular weight excluding hydrogens is 248 g/mol. The van der Waals surface area contributed by atoms with E-state index in [2.05, 4.69) is 0 Å². The molecule has 6 nitrogen and oxygen atoms in total. The minimum Gasteiger partial charge on any atom is -0.508 e. The number of carbonyl (C=O) groups is 2. The van der Waals surface area contributed by atoms with Crippen LogP contribution in [0.1, 0.15) is 24.4 Å². The first-order valence-corrected chi connectivity index (χ1v) is 6.07. The van der Waals surface area contributed by atoms with E-state index in [0.717, 1.165) is 5.56 Å². The number of rotatable bonds is 3. The van der Waals surface area contributed by atoms with Crippen LogP contribution in [0.4, 0.5) is 0 Å². The number of nitrogens with two attached hydrogens (primary N) is 1. The summed E-state index contributed by atoms with van der Waals surface area (Å²) in [5, 5.41) is 18.6. The van der Waals surface area contributed by atoms with Crippen molar-refractivity contribution in [2.24, 2.45) is 5.73 Å². The van der Waals surface area contributed by atoms with Gasteiger partial charge in [-0.3, -0.25) is 4.79 Å². The molecule has 102 valence electrons. The van der Waals surface area contributed by atoms with E-state index in [4.69, 9.17) is 10.8 Å². The van der Waals surface area contributed by atoms with Gasteiger partial charge in [-0.15, -0.1) is 0 Å². The van der Waals surface area contributed by atoms with Gasteiger partial charge in [-0.2, -0.15) is 0 Å². The van der Waals surface area contributed by atoms with Crippen molar-refractivity contribution in [3.8, 4) is 5.75 Å². The van der Waals surface area contributed by atoms with Crippen molar-refractivity contribution in [2.75, 3.05) is 6.54 Å². The van der Waals surface area contributed by atoms with E-state index in [0.29, 0.717) is 12.8 Å². The Morgan fingerprint density at radius 1 is 1.37 bits per heavy atom. The molecule has 1 aromatic carbocycles. The van der Waals surface area contributed by atoms with Gasteiger partial charge >= 0.3 is 5.97 Å². The Kier molecular flexibility index (Phi) is 3.71. The molecule has 1 aliphatic heterocycles. The van der Waals surface area contributed by atoms with Gasteiger partial charge in [0.1, 0.15) is 11.8 Å². The normalized spacial score (nSPS) is 22.5. The van der Waals surface area contributed by atoms with Crippen molar-refractivity contribution in [2.45, 2.75) is 24.9 Å². The predicted octanol–water partition coefficient (Wildman–Crippen LogP) is 0.468. The fourth-order valence-corrected chi connectivity index (χ4v) is 2.57. The second kappa shape index (κ2) is 5.27. The summed E-state index contributed by atoms with van der Waals surface area (Å²) in [4.78, 5) is 24.4. The predicted molar refractivity (Wildman–Crippen MR) is 67.4 cm³/mol. The molecule has 0 radical (unpaired) electrons. The summed E-state index contributed by atoms with van der Waals surface area (Å²) in [6, 6.07) is 5.33. The maximum absolute atomic E-state index is 11.9. The van der Waals surface area contributed by atoms with E-state index in [1.165, 1.54) is 11.0 Å². The van der Waals surface area contributed by atoms with Crippen molar-refractivity contribution in [1.29, 1.82) is 0 Å². The molecule has 6 heteroatoms. The first-order chi connectivity index (χ1) is 9.04. The van der Waals surface area contributed by atoms with Gasteiger partial charge < -0.3 is 20.8 Å². The van der Waals surface area contributed by atoms with Crippen molar-refractivity contribution in [1.82, 2.24) is 4.90 Å². The number of amides is 1. The van der Waals surface area contributed by atoms with Gasteiger partial charge in [-0.05, 0) is 30.5 Å². The van der Waals surface area contributed by atoms with Crippen LogP contribution in [0.3, 0.4) is 0 Å². The summed E-state index contributed by atoms with van der Waals surface area (Å²) < 4.78 is 0. The topological polar surface area (TPSA) is 104 Å². The standard InChI is InChI=1S/C13H16N2O4/c14-7-12(17)15-10(4-5-11(15)13(18)19)8-2-1-3-9(16)6-8/h1-3,6,10-11,16H,4-5,7,14H2,(H,18,19)/t10?,11-/m0/s1. The second-order valence-corrected chi connectivity index (χ2v) is 4.55. The lowest BCUT2D eigenvalue weighted by Crippen LogP contribution is -2.44. The lowest BCUT2D eigenvalue weighted by atomic mass is 10.0. The highest BCUT2D eigenvalue weighted by atomic mass is 16.4. The van der Waals surface area contributed by atoms with Crippen molar-refractivity contribution in [3.63, 3.8) is 0 Å². The zero-order valence-corrected chi connectivity index (χ0v) is 10.3. The Morgan fingerprint density at radius 2 is 2.11 bits per heavy atom. The van der Waals surface area contributed by atoms with Crippen LogP contribution in [0.2, 0.25) is 0 Å². The first kappa shape index (κ1) is 13.4. The number of likely N-dealkylation sites (tertiary alicyclic amines) is 1. The molecule has 1 saturated heterocycles. The zero-order valence-electron chi connectivity index (χ0n) is 10.3. The Bertz CT molecular complexity index is 503. The van der Waals surface area contributed by atoms with Crippen molar-refractivity contribution >= 4 is 11.9 Å². The van der Waals surface area contributed by atoms with Crippen LogP contribution in [0.5, 0.6) is 5.75 Å². The van der Waals surface area contributed by atoms with Crippen LogP contribution < -0.4 is 5.73 Å². The number of phenols is 1. The molecular formula is C13H16N2O4. The van der Waals surface area contributed by atoms with E-state index >= 15 is 0 Å². The number of aromatic hydroxyl groups is 1. The molecule has 1 aromatic rings. The summed E-state index contributed by atoms with van der Waals surface area (Å²) in [6.07, 6.45) is 0.938. The van der Waals surface area contributed by atoms with Gasteiger partial charge in [-0.1, -0.05) is 12.1 Å². The van der Waals surface area contributed by atoms with Crippen molar-refractivity contribution < 1.29 is 19.8 Å². The van der Waals surface area contributed by atoms with E-state index in [1.54, 1.807) is 18.2 Å². The molecule has 0 bridgehead atoms. The summed E-state index contributed by atoms with van der Waals surface area (Å²) >= 11 is 0. The fourth-order valence-electron chi connectivity index (χ4n) is 2.57. The summed E-state index contributed by atoms with van der Waals surface area (Å²) in [7, 11) is 0. The van der Waals surface area contributed by atoms with Crippen LogP contribution in [-0.4, -0.2) is 39.6 Å². The first-order valence-electron chi connectivity index (χ1n) is 6.07. The Labute approximate surface area is 110 Å². The molecule has 0 aromatic heterocycles. The van der Waals surface area contributed by atoms with Gasteiger partial charge in [0, 0.05) is 0 Å². The second-order valence-electron chi connectivity index (χ2n) is 4.55. The van der Waals surface area contributed by atoms with Crippen LogP contribution in [0, 0.1) is 0 Å². The van der Waals surface area contributed by atoms with E-state index < -0.39 is 17.9 Å². The van der Waals surface area contributed by atoms with Crippen LogP contribution in [-0.2, 0) is 9.59 Å². The molecule has 1 aliphatic rings. The zero-order chi connectivity index (χ0) is 14.0. The number of phenolic OH excluding ortho intramolecular Hbond substituents is 1. The Balaban J connectivity index is 2.34. The van der Waals surface area contributed by atoms with Crippen LogP contribution >= 0.6 is 0 Å². The molecule has 2 atom stereocenters. The van der Waals surface area contributed by atoms with Gasteiger partial charge in [-0.25, -0.2) is 4.79 Å². The summed E-state index contributed by atoms with van der Waals surface area (Å²) in [5.74, 6) is -1.32. The maximum Gasteiger partial charge on any atom is 0.326 e. The van der Waals surface area contributed by atoms with Crippen LogP contribution in [0.25, 0.3) is 0 Å². The molecule has 4 N–H and O–H groups in total. The number of carboxylic acids is 1. The molecule has 2 rings (SSSR count). The highest BCUT2D eigenvalue weighted by Crippen LogP contribution is 2.37. The van der Waals surface area contributed by atoms with Gasteiger partial charge in [0.2, 0.25) is 5.91 Å². The number of hydrogen-bond acceptors (Lipinski definition) is 4. The number of carbonyl (C=O) groups excluding carboxylic acids is 1. The lowest BCUT2D eigenvalue weighted by Gasteiger charge is -2.28. The van der Waals surface area contributed by atoms with Crippen molar-refractivity contribution in [3.05, 3.63) is 29.8 Å². The monoisotopic (exact) mass is 264 g/mol. The quantitative estimate of drug-likeness (QED) is 0.736. The number of carboxylic acid groups (broad SMARTS) is 1.